The number of sulfonamides is 1. The minimum absolute atomic E-state index is 0.0881. The van der Waals surface area contributed by atoms with Crippen LogP contribution in [-0.2, 0) is 21.4 Å². The summed E-state index contributed by atoms with van der Waals surface area (Å²) in [6.07, 6.45) is 3.00. The van der Waals surface area contributed by atoms with Gasteiger partial charge in [-0.3, -0.25) is 9.52 Å². The highest BCUT2D eigenvalue weighted by Gasteiger charge is 2.15. The Kier molecular flexibility index (Phi) is 7.33. The van der Waals surface area contributed by atoms with Crippen molar-refractivity contribution in [2.24, 2.45) is 0 Å². The highest BCUT2D eigenvalue weighted by Crippen LogP contribution is 2.24. The number of carbonyl (C=O) groups excluding carboxylic acids is 1. The minimum atomic E-state index is -3.78. The number of anilines is 1. The van der Waals surface area contributed by atoms with Crippen LogP contribution in [0.2, 0.25) is 5.02 Å². The molecule has 0 aromatic heterocycles. The first kappa shape index (κ1) is 22.4. The van der Waals surface area contributed by atoms with E-state index in [1.807, 2.05) is 24.3 Å². The van der Waals surface area contributed by atoms with Gasteiger partial charge in [0.15, 0.2) is 0 Å². The van der Waals surface area contributed by atoms with E-state index in [9.17, 15) is 13.2 Å². The molecular formula is C23H21ClN2O4S. The maximum Gasteiger partial charge on any atom is 0.261 e. The summed E-state index contributed by atoms with van der Waals surface area (Å²) in [4.78, 5) is 12.2. The molecule has 2 N–H and O–H groups in total. The fourth-order valence-corrected chi connectivity index (χ4v) is 4.09. The molecule has 0 aliphatic carbocycles. The third-order valence-corrected chi connectivity index (χ3v) is 6.09. The van der Waals surface area contributed by atoms with Crippen molar-refractivity contribution in [2.45, 2.75) is 11.4 Å². The molecule has 0 heterocycles. The summed E-state index contributed by atoms with van der Waals surface area (Å²) in [7, 11) is -2.20. The van der Waals surface area contributed by atoms with Crippen LogP contribution in [0.3, 0.4) is 0 Å². The number of para-hydroxylation sites is 2. The zero-order valence-corrected chi connectivity index (χ0v) is 18.3. The van der Waals surface area contributed by atoms with Crippen molar-refractivity contribution < 1.29 is 17.9 Å². The predicted octanol–water partition coefficient (Wildman–Crippen LogP) is 4.48. The Morgan fingerprint density at radius 2 is 1.68 bits per heavy atom. The Morgan fingerprint density at radius 3 is 2.39 bits per heavy atom. The average molecular weight is 457 g/mol. The van der Waals surface area contributed by atoms with Gasteiger partial charge in [-0.25, -0.2) is 8.42 Å². The summed E-state index contributed by atoms with van der Waals surface area (Å²) >= 11 is 6.01. The molecule has 0 saturated heterocycles. The maximum absolute atomic E-state index is 12.5. The van der Waals surface area contributed by atoms with Gasteiger partial charge in [-0.1, -0.05) is 54.1 Å². The van der Waals surface area contributed by atoms with Crippen LogP contribution in [0.1, 0.15) is 11.1 Å². The Morgan fingerprint density at radius 1 is 1.00 bits per heavy atom. The SMILES string of the molecule is COc1ccccc1CNC(=O)/C=C/c1ccc(S(=O)(=O)Nc2ccccc2Cl)cc1. The Labute approximate surface area is 186 Å². The van der Waals surface area contributed by atoms with Gasteiger partial charge < -0.3 is 10.1 Å². The van der Waals surface area contributed by atoms with Gasteiger partial charge in [-0.05, 0) is 42.0 Å². The zero-order chi connectivity index (χ0) is 22.3. The van der Waals surface area contributed by atoms with Gasteiger partial charge in [0.1, 0.15) is 5.75 Å². The Balaban J connectivity index is 1.61. The standard InChI is InChI=1S/C23H21ClN2O4S/c1-30-22-9-5-2-6-18(22)16-25-23(27)15-12-17-10-13-19(14-11-17)31(28,29)26-21-8-4-3-7-20(21)24/h2-15,26H,16H2,1H3,(H,25,27)/b15-12+. The largest absolute Gasteiger partial charge is 0.496 e. The van der Waals surface area contributed by atoms with Crippen LogP contribution in [0, 0.1) is 0 Å². The van der Waals surface area contributed by atoms with E-state index in [0.29, 0.717) is 28.6 Å². The van der Waals surface area contributed by atoms with Gasteiger partial charge in [0.2, 0.25) is 5.91 Å². The molecular weight excluding hydrogens is 436 g/mol. The number of nitrogens with one attached hydrogen (secondary N) is 2. The molecule has 0 aliphatic heterocycles. The van der Waals surface area contributed by atoms with Crippen molar-refractivity contribution in [1.29, 1.82) is 0 Å². The Hall–Kier alpha value is -3.29. The van der Waals surface area contributed by atoms with E-state index in [4.69, 9.17) is 16.3 Å². The molecule has 8 heteroatoms. The maximum atomic E-state index is 12.5. The highest BCUT2D eigenvalue weighted by molar-refractivity contribution is 7.92. The molecule has 6 nitrogen and oxygen atoms in total. The lowest BCUT2D eigenvalue weighted by molar-refractivity contribution is -0.116. The van der Waals surface area contributed by atoms with Crippen molar-refractivity contribution in [3.8, 4) is 5.75 Å². The third-order valence-electron chi connectivity index (χ3n) is 4.38. The average Bonchev–Trinajstić information content (AvgIpc) is 2.78. The quantitative estimate of drug-likeness (QED) is 0.489. The number of hydrogen-bond donors (Lipinski definition) is 2. The zero-order valence-electron chi connectivity index (χ0n) is 16.7. The molecule has 3 aromatic carbocycles. The molecule has 3 rings (SSSR count). The molecule has 0 spiro atoms. The predicted molar refractivity (Wildman–Crippen MR) is 123 cm³/mol. The highest BCUT2D eigenvalue weighted by atomic mass is 35.5. The van der Waals surface area contributed by atoms with Crippen molar-refractivity contribution in [3.05, 3.63) is 95.0 Å². The van der Waals surface area contributed by atoms with Crippen LogP contribution in [0.5, 0.6) is 5.75 Å². The number of carbonyl (C=O) groups is 1. The van der Waals surface area contributed by atoms with Gasteiger partial charge >= 0.3 is 0 Å². The number of amides is 1. The van der Waals surface area contributed by atoms with E-state index in [0.717, 1.165) is 5.56 Å². The van der Waals surface area contributed by atoms with Crippen molar-refractivity contribution >= 4 is 39.3 Å². The van der Waals surface area contributed by atoms with E-state index >= 15 is 0 Å². The molecule has 160 valence electrons. The third kappa shape index (κ3) is 6.10. The van der Waals surface area contributed by atoms with Gasteiger partial charge in [-0.15, -0.1) is 0 Å². The Bertz CT molecular complexity index is 1190. The topological polar surface area (TPSA) is 84.5 Å². The van der Waals surface area contributed by atoms with Gasteiger partial charge in [-0.2, -0.15) is 0 Å². The van der Waals surface area contributed by atoms with E-state index in [1.54, 1.807) is 49.6 Å². The van der Waals surface area contributed by atoms with Crippen molar-refractivity contribution in [2.75, 3.05) is 11.8 Å². The van der Waals surface area contributed by atoms with Crippen molar-refractivity contribution in [1.82, 2.24) is 5.32 Å². The van der Waals surface area contributed by atoms with E-state index in [1.165, 1.54) is 18.2 Å². The summed E-state index contributed by atoms with van der Waals surface area (Å²) in [5, 5.41) is 3.10. The molecule has 0 aliphatic rings. The van der Waals surface area contributed by atoms with Crippen LogP contribution >= 0.6 is 11.6 Å². The molecule has 0 bridgehead atoms. The first-order valence-electron chi connectivity index (χ1n) is 9.34. The van der Waals surface area contributed by atoms with Gasteiger partial charge in [0, 0.05) is 18.2 Å². The summed E-state index contributed by atoms with van der Waals surface area (Å²) in [5.41, 5.74) is 1.86. The number of rotatable bonds is 8. The molecule has 0 radical (unpaired) electrons. The summed E-state index contributed by atoms with van der Waals surface area (Å²) < 4.78 is 32.8. The molecule has 31 heavy (non-hydrogen) atoms. The van der Waals surface area contributed by atoms with E-state index in [2.05, 4.69) is 10.0 Å². The van der Waals surface area contributed by atoms with Gasteiger partial charge in [0.05, 0.1) is 22.7 Å². The fraction of sp³-hybridized carbons (Fsp3) is 0.0870. The second-order valence-corrected chi connectivity index (χ2v) is 8.61. The monoisotopic (exact) mass is 456 g/mol. The number of methoxy groups -OCH3 is 1. The number of halogens is 1. The summed E-state index contributed by atoms with van der Waals surface area (Å²) in [6, 6.07) is 20.2. The number of hydrogen-bond acceptors (Lipinski definition) is 4. The summed E-state index contributed by atoms with van der Waals surface area (Å²) in [6.45, 7) is 0.331. The van der Waals surface area contributed by atoms with Crippen LogP contribution in [0.15, 0.2) is 83.8 Å². The van der Waals surface area contributed by atoms with Gasteiger partial charge in [0.25, 0.3) is 10.0 Å². The van der Waals surface area contributed by atoms with E-state index < -0.39 is 10.0 Å². The van der Waals surface area contributed by atoms with Crippen LogP contribution in [-0.4, -0.2) is 21.4 Å². The summed E-state index contributed by atoms with van der Waals surface area (Å²) in [5.74, 6) is 0.428. The second kappa shape index (κ2) is 10.1. The molecule has 0 atom stereocenters. The van der Waals surface area contributed by atoms with Crippen LogP contribution < -0.4 is 14.8 Å². The smallest absolute Gasteiger partial charge is 0.261 e. The van der Waals surface area contributed by atoms with E-state index in [-0.39, 0.29) is 10.8 Å². The van der Waals surface area contributed by atoms with Crippen LogP contribution in [0.4, 0.5) is 5.69 Å². The van der Waals surface area contributed by atoms with Crippen LogP contribution in [0.25, 0.3) is 6.08 Å². The van der Waals surface area contributed by atoms with Crippen molar-refractivity contribution in [3.63, 3.8) is 0 Å². The molecule has 0 unspecified atom stereocenters. The fourth-order valence-electron chi connectivity index (χ4n) is 2.77. The number of ether oxygens (including phenoxy) is 1. The molecule has 0 fully saturated rings. The lowest BCUT2D eigenvalue weighted by Crippen LogP contribution is -2.20. The minimum Gasteiger partial charge on any atom is -0.496 e. The number of benzene rings is 3. The molecule has 0 saturated carbocycles. The lowest BCUT2D eigenvalue weighted by Gasteiger charge is -2.09. The second-order valence-electron chi connectivity index (χ2n) is 6.52. The normalized spacial score (nSPS) is 11.3. The molecule has 1 amide bonds. The lowest BCUT2D eigenvalue weighted by atomic mass is 10.2. The first-order chi connectivity index (χ1) is 14.9. The molecule has 3 aromatic rings. The first-order valence-corrected chi connectivity index (χ1v) is 11.2.